The number of fused-ring (bicyclic) bond motifs is 3. The molecule has 0 amide bonds. The summed E-state index contributed by atoms with van der Waals surface area (Å²) in [6, 6.07) is 4.48. The molecule has 2 aliphatic rings. The zero-order valence-corrected chi connectivity index (χ0v) is 13.8. The van der Waals surface area contributed by atoms with Crippen LogP contribution in [-0.4, -0.2) is 13.2 Å². The first-order chi connectivity index (χ1) is 10.9. The van der Waals surface area contributed by atoms with Crippen molar-refractivity contribution in [1.82, 2.24) is 0 Å². The fourth-order valence-electron chi connectivity index (χ4n) is 3.46. The van der Waals surface area contributed by atoms with Crippen LogP contribution in [0.15, 0.2) is 22.9 Å². The molecule has 1 aliphatic carbocycles. The number of aryl methyl sites for hydroxylation is 1. The van der Waals surface area contributed by atoms with Crippen LogP contribution in [0.1, 0.15) is 42.0 Å². The number of ether oxygens (including phenoxy) is 1. The fraction of sp³-hybridized carbons (Fsp3) is 0.368. The van der Waals surface area contributed by atoms with Gasteiger partial charge in [0, 0.05) is 12.1 Å². The lowest BCUT2D eigenvalue weighted by atomic mass is 9.94. The molecule has 0 atom stereocenters. The van der Waals surface area contributed by atoms with Gasteiger partial charge in [-0.3, -0.25) is 0 Å². The van der Waals surface area contributed by atoms with Crippen molar-refractivity contribution in [2.45, 2.75) is 32.6 Å². The van der Waals surface area contributed by atoms with E-state index >= 15 is 0 Å². The van der Waals surface area contributed by atoms with Crippen LogP contribution in [-0.2, 0) is 12.8 Å². The number of nitrogens with one attached hydrogen (secondary N) is 1. The van der Waals surface area contributed by atoms with Crippen LogP contribution < -0.4 is 10.1 Å². The van der Waals surface area contributed by atoms with E-state index in [0.717, 1.165) is 25.3 Å². The minimum absolute atomic E-state index is 0.786. The van der Waals surface area contributed by atoms with Gasteiger partial charge in [-0.2, -0.15) is 11.3 Å². The summed E-state index contributed by atoms with van der Waals surface area (Å²) in [5.74, 6) is 1.04. The highest BCUT2D eigenvalue weighted by molar-refractivity contribution is 7.08. The maximum Gasteiger partial charge on any atom is 0.143 e. The molecule has 2 nitrogen and oxygen atoms in total. The Kier molecular flexibility index (Phi) is 3.67. The quantitative estimate of drug-likeness (QED) is 0.858. The molecule has 1 N–H and O–H groups in total. The van der Waals surface area contributed by atoms with E-state index in [1.165, 1.54) is 52.8 Å². The Hall–Kier alpha value is -1.74. The third kappa shape index (κ3) is 2.34. The van der Waals surface area contributed by atoms with E-state index in [0.29, 0.717) is 0 Å². The van der Waals surface area contributed by atoms with Gasteiger partial charge in [0.2, 0.25) is 0 Å². The Labute approximate surface area is 135 Å². The average Bonchev–Trinajstić information content (AvgIpc) is 3.23. The lowest BCUT2D eigenvalue weighted by Gasteiger charge is -2.24. The molecule has 0 fully saturated rings. The van der Waals surface area contributed by atoms with Gasteiger partial charge in [-0.1, -0.05) is 6.92 Å². The molecule has 0 bridgehead atoms. The maximum absolute atomic E-state index is 6.02. The predicted octanol–water partition coefficient (Wildman–Crippen LogP) is 4.99. The third-order valence-corrected chi connectivity index (χ3v) is 5.22. The molecule has 0 spiro atoms. The zero-order valence-electron chi connectivity index (χ0n) is 12.9. The van der Waals surface area contributed by atoms with Crippen molar-refractivity contribution in [2.75, 3.05) is 18.5 Å². The summed E-state index contributed by atoms with van der Waals surface area (Å²) in [6.07, 6.45) is 7.08. The molecule has 4 rings (SSSR count). The van der Waals surface area contributed by atoms with Gasteiger partial charge < -0.3 is 10.1 Å². The molecule has 2 aromatic rings. The fourth-order valence-corrected chi connectivity index (χ4v) is 4.14. The van der Waals surface area contributed by atoms with Gasteiger partial charge in [0.25, 0.3) is 0 Å². The summed E-state index contributed by atoms with van der Waals surface area (Å²) in [7, 11) is 0. The molecule has 1 aromatic carbocycles. The standard InChI is InChI=1S/C19H21NOS/c1-2-7-21-18-10-13-4-3-5-16(13)17-9-15(11-20-19(17)18)14-6-8-22-12-14/h6,8-10,12,20H,2-5,7,11H2,1H3. The molecule has 1 aliphatic heterocycles. The number of anilines is 1. The molecule has 1 aromatic heterocycles. The van der Waals surface area contributed by atoms with E-state index < -0.39 is 0 Å². The van der Waals surface area contributed by atoms with Gasteiger partial charge in [-0.15, -0.1) is 0 Å². The van der Waals surface area contributed by atoms with E-state index in [-0.39, 0.29) is 0 Å². The lowest BCUT2D eigenvalue weighted by Crippen LogP contribution is -2.13. The molecule has 0 saturated carbocycles. The molecule has 2 heterocycles. The first-order valence-electron chi connectivity index (χ1n) is 8.15. The number of hydrogen-bond acceptors (Lipinski definition) is 3. The number of hydrogen-bond donors (Lipinski definition) is 1. The second kappa shape index (κ2) is 5.81. The molecular weight excluding hydrogens is 290 g/mol. The SMILES string of the molecule is CCCOc1cc2c(c3c1NCC(c1ccsc1)=C3)CCC2. The van der Waals surface area contributed by atoms with Gasteiger partial charge in [-0.05, 0) is 76.9 Å². The van der Waals surface area contributed by atoms with Crippen LogP contribution in [0.2, 0.25) is 0 Å². The highest BCUT2D eigenvalue weighted by Gasteiger charge is 2.24. The van der Waals surface area contributed by atoms with Gasteiger partial charge >= 0.3 is 0 Å². The minimum atomic E-state index is 0.786. The Morgan fingerprint density at radius 1 is 1.32 bits per heavy atom. The Bertz CT molecular complexity index is 716. The topological polar surface area (TPSA) is 21.3 Å². The van der Waals surface area contributed by atoms with Crippen molar-refractivity contribution < 1.29 is 4.74 Å². The van der Waals surface area contributed by atoms with Gasteiger partial charge in [0.1, 0.15) is 5.75 Å². The van der Waals surface area contributed by atoms with Crippen LogP contribution in [0.25, 0.3) is 11.6 Å². The van der Waals surface area contributed by atoms with E-state index in [1.807, 2.05) is 0 Å². The van der Waals surface area contributed by atoms with E-state index in [4.69, 9.17) is 4.74 Å². The molecule has 0 unspecified atom stereocenters. The third-order valence-electron chi connectivity index (χ3n) is 4.53. The lowest BCUT2D eigenvalue weighted by molar-refractivity contribution is 0.318. The van der Waals surface area contributed by atoms with E-state index in [2.05, 4.69) is 41.2 Å². The smallest absolute Gasteiger partial charge is 0.143 e. The molecule has 114 valence electrons. The summed E-state index contributed by atoms with van der Waals surface area (Å²) in [4.78, 5) is 0. The van der Waals surface area contributed by atoms with E-state index in [9.17, 15) is 0 Å². The highest BCUT2D eigenvalue weighted by Crippen LogP contribution is 2.42. The van der Waals surface area contributed by atoms with Crippen molar-refractivity contribution in [3.05, 3.63) is 45.1 Å². The minimum Gasteiger partial charge on any atom is -0.491 e. The Morgan fingerprint density at radius 3 is 3.09 bits per heavy atom. The second-order valence-corrected chi connectivity index (χ2v) is 6.82. The number of thiophene rings is 1. The maximum atomic E-state index is 6.02. The van der Waals surface area contributed by atoms with Crippen molar-refractivity contribution in [3.8, 4) is 5.75 Å². The highest BCUT2D eigenvalue weighted by atomic mass is 32.1. The first-order valence-corrected chi connectivity index (χ1v) is 9.09. The summed E-state index contributed by atoms with van der Waals surface area (Å²) >= 11 is 1.76. The van der Waals surface area contributed by atoms with Crippen molar-refractivity contribution in [2.24, 2.45) is 0 Å². The van der Waals surface area contributed by atoms with Gasteiger partial charge in [0.15, 0.2) is 0 Å². The normalized spacial score (nSPS) is 15.8. The van der Waals surface area contributed by atoms with Crippen LogP contribution in [0, 0.1) is 0 Å². The van der Waals surface area contributed by atoms with Crippen LogP contribution in [0.5, 0.6) is 5.75 Å². The average molecular weight is 311 g/mol. The van der Waals surface area contributed by atoms with Crippen LogP contribution in [0.4, 0.5) is 5.69 Å². The van der Waals surface area contributed by atoms with Gasteiger partial charge in [-0.25, -0.2) is 0 Å². The van der Waals surface area contributed by atoms with Gasteiger partial charge in [0.05, 0.1) is 12.3 Å². The molecule has 0 radical (unpaired) electrons. The van der Waals surface area contributed by atoms with E-state index in [1.54, 1.807) is 11.3 Å². The van der Waals surface area contributed by atoms with Crippen molar-refractivity contribution in [1.29, 1.82) is 0 Å². The Balaban J connectivity index is 1.81. The largest absolute Gasteiger partial charge is 0.491 e. The summed E-state index contributed by atoms with van der Waals surface area (Å²) in [6.45, 7) is 3.82. The van der Waals surface area contributed by atoms with Crippen LogP contribution >= 0.6 is 11.3 Å². The van der Waals surface area contributed by atoms with Crippen molar-refractivity contribution >= 4 is 28.7 Å². The Morgan fingerprint density at radius 2 is 2.27 bits per heavy atom. The van der Waals surface area contributed by atoms with Crippen molar-refractivity contribution in [3.63, 3.8) is 0 Å². The monoisotopic (exact) mass is 311 g/mol. The van der Waals surface area contributed by atoms with Crippen LogP contribution in [0.3, 0.4) is 0 Å². The number of rotatable bonds is 4. The molecular formula is C19H21NOS. The molecule has 0 saturated heterocycles. The summed E-state index contributed by atoms with van der Waals surface area (Å²) in [5.41, 5.74) is 8.31. The predicted molar refractivity (Wildman–Crippen MR) is 94.9 cm³/mol. The first kappa shape index (κ1) is 13.9. The second-order valence-electron chi connectivity index (χ2n) is 6.04. The summed E-state index contributed by atoms with van der Waals surface area (Å²) < 4.78 is 6.02. The number of benzene rings is 1. The zero-order chi connectivity index (χ0) is 14.9. The molecule has 3 heteroatoms. The molecule has 22 heavy (non-hydrogen) atoms. The summed E-state index contributed by atoms with van der Waals surface area (Å²) in [5, 5.41) is 8.00.